The van der Waals surface area contributed by atoms with Crippen molar-refractivity contribution in [3.05, 3.63) is 28.3 Å². The van der Waals surface area contributed by atoms with E-state index in [2.05, 4.69) is 19.0 Å². The van der Waals surface area contributed by atoms with Crippen LogP contribution in [-0.4, -0.2) is 17.6 Å². The molecule has 0 saturated carbocycles. The van der Waals surface area contributed by atoms with Crippen LogP contribution >= 0.6 is 11.6 Å². The molecule has 1 unspecified atom stereocenters. The van der Waals surface area contributed by atoms with Gasteiger partial charge in [0.15, 0.2) is 0 Å². The topological polar surface area (TPSA) is 67.8 Å². The minimum atomic E-state index is -0.150. The number of oxime groups is 1. The van der Waals surface area contributed by atoms with E-state index in [1.165, 1.54) is 0 Å². The van der Waals surface area contributed by atoms with Gasteiger partial charge in [-0.15, -0.1) is 0 Å². The van der Waals surface area contributed by atoms with Crippen molar-refractivity contribution in [2.75, 3.05) is 6.61 Å². The number of nitrogens with two attached hydrogens (primary N) is 1. The highest BCUT2D eigenvalue weighted by Gasteiger charge is 2.13. The van der Waals surface area contributed by atoms with Crippen molar-refractivity contribution in [2.45, 2.75) is 33.6 Å². The molecule has 5 heteroatoms. The number of benzene rings is 1. The van der Waals surface area contributed by atoms with E-state index in [-0.39, 0.29) is 11.8 Å². The molecule has 0 amide bonds. The Morgan fingerprint density at radius 3 is 2.58 bits per heavy atom. The Kier molecular flexibility index (Phi) is 5.48. The van der Waals surface area contributed by atoms with Crippen LogP contribution in [-0.2, 0) is 0 Å². The lowest BCUT2D eigenvalue weighted by molar-refractivity contribution is 0.277. The number of amidine groups is 1. The second kappa shape index (κ2) is 6.66. The van der Waals surface area contributed by atoms with Gasteiger partial charge in [-0.25, -0.2) is 0 Å². The minimum absolute atomic E-state index is 0.150. The average Bonchev–Trinajstić information content (AvgIpc) is 2.35. The number of hydrogen-bond donors (Lipinski definition) is 2. The van der Waals surface area contributed by atoms with Gasteiger partial charge in [0.05, 0.1) is 12.5 Å². The van der Waals surface area contributed by atoms with Crippen LogP contribution in [0.5, 0.6) is 5.75 Å². The van der Waals surface area contributed by atoms with Crippen LogP contribution in [0.1, 0.15) is 37.8 Å². The fourth-order valence-corrected chi connectivity index (χ4v) is 2.10. The van der Waals surface area contributed by atoms with E-state index in [9.17, 15) is 0 Å². The molecule has 4 nitrogen and oxygen atoms in total. The fourth-order valence-electron chi connectivity index (χ4n) is 1.67. The Balaban J connectivity index is 2.87. The molecule has 1 aromatic carbocycles. The fraction of sp³-hybridized carbons (Fsp3) is 0.500. The Bertz CT molecular complexity index is 473. The summed E-state index contributed by atoms with van der Waals surface area (Å²) in [5.74, 6) is 1.13. The quantitative estimate of drug-likeness (QED) is 0.376. The molecular weight excluding hydrogens is 264 g/mol. The van der Waals surface area contributed by atoms with Crippen LogP contribution in [0.3, 0.4) is 0 Å². The molecule has 0 radical (unpaired) electrons. The Labute approximate surface area is 119 Å². The molecule has 0 heterocycles. The number of nitrogens with zero attached hydrogens (tertiary/aromatic N) is 1. The summed E-state index contributed by atoms with van der Waals surface area (Å²) in [6.45, 7) is 8.30. The van der Waals surface area contributed by atoms with Crippen molar-refractivity contribution >= 4 is 17.4 Å². The number of hydrogen-bond acceptors (Lipinski definition) is 3. The van der Waals surface area contributed by atoms with Crippen LogP contribution in [0.25, 0.3) is 0 Å². The summed E-state index contributed by atoms with van der Waals surface area (Å²) in [6, 6.07) is 3.86. The zero-order chi connectivity index (χ0) is 14.6. The number of aryl methyl sites for hydroxylation is 1. The van der Waals surface area contributed by atoms with Gasteiger partial charge < -0.3 is 15.7 Å². The maximum absolute atomic E-state index is 8.60. The van der Waals surface area contributed by atoms with E-state index in [0.717, 1.165) is 21.9 Å². The lowest BCUT2D eigenvalue weighted by atomic mass is 10.0. The first kappa shape index (κ1) is 15.6. The highest BCUT2D eigenvalue weighted by molar-refractivity contribution is 6.31. The SMILES string of the molecule is Cc1cc(Cl)c(C(C)C)cc1OCC(C)/C(N)=N/O. The predicted molar refractivity (Wildman–Crippen MR) is 78.3 cm³/mol. The van der Waals surface area contributed by atoms with Crippen molar-refractivity contribution in [1.29, 1.82) is 0 Å². The van der Waals surface area contributed by atoms with Crippen LogP contribution in [0.4, 0.5) is 0 Å². The summed E-state index contributed by atoms with van der Waals surface area (Å²) in [6.07, 6.45) is 0. The van der Waals surface area contributed by atoms with E-state index in [1.54, 1.807) is 0 Å². The van der Waals surface area contributed by atoms with E-state index < -0.39 is 0 Å². The van der Waals surface area contributed by atoms with Gasteiger partial charge in [-0.05, 0) is 36.1 Å². The summed E-state index contributed by atoms with van der Waals surface area (Å²) in [5.41, 5.74) is 7.55. The maximum Gasteiger partial charge on any atom is 0.145 e. The van der Waals surface area contributed by atoms with Crippen LogP contribution < -0.4 is 10.5 Å². The van der Waals surface area contributed by atoms with Crippen molar-refractivity contribution in [2.24, 2.45) is 16.8 Å². The van der Waals surface area contributed by atoms with Gasteiger partial charge >= 0.3 is 0 Å². The van der Waals surface area contributed by atoms with Crippen LogP contribution in [0.2, 0.25) is 5.02 Å². The molecule has 3 N–H and O–H groups in total. The second-order valence-electron chi connectivity index (χ2n) is 5.03. The van der Waals surface area contributed by atoms with Crippen LogP contribution in [0, 0.1) is 12.8 Å². The zero-order valence-corrected chi connectivity index (χ0v) is 12.5. The van der Waals surface area contributed by atoms with Gasteiger partial charge in [-0.2, -0.15) is 0 Å². The molecular formula is C14H21ClN2O2. The van der Waals surface area contributed by atoms with E-state index in [0.29, 0.717) is 12.5 Å². The Hall–Kier alpha value is -1.42. The molecule has 0 aliphatic heterocycles. The van der Waals surface area contributed by atoms with Gasteiger partial charge in [-0.3, -0.25) is 0 Å². The monoisotopic (exact) mass is 284 g/mol. The summed E-state index contributed by atoms with van der Waals surface area (Å²) in [7, 11) is 0. The minimum Gasteiger partial charge on any atom is -0.493 e. The molecule has 106 valence electrons. The highest BCUT2D eigenvalue weighted by Crippen LogP contribution is 2.31. The van der Waals surface area contributed by atoms with E-state index in [1.807, 2.05) is 26.0 Å². The standard InChI is InChI=1S/C14H21ClN2O2/c1-8(2)11-6-13(9(3)5-12(11)15)19-7-10(4)14(16)17-18/h5-6,8,10,18H,7H2,1-4H3,(H2,16,17). The van der Waals surface area contributed by atoms with E-state index >= 15 is 0 Å². The molecule has 0 aromatic heterocycles. The molecule has 0 bridgehead atoms. The van der Waals surface area contributed by atoms with Gasteiger partial charge in [0.2, 0.25) is 0 Å². The van der Waals surface area contributed by atoms with E-state index in [4.69, 9.17) is 27.3 Å². The highest BCUT2D eigenvalue weighted by atomic mass is 35.5. The molecule has 0 saturated heterocycles. The molecule has 19 heavy (non-hydrogen) atoms. The first-order valence-corrected chi connectivity index (χ1v) is 6.64. The lowest BCUT2D eigenvalue weighted by Gasteiger charge is -2.16. The van der Waals surface area contributed by atoms with Gasteiger partial charge in [-0.1, -0.05) is 37.5 Å². The molecule has 0 aliphatic rings. The summed E-state index contributed by atoms with van der Waals surface area (Å²) >= 11 is 6.20. The molecule has 1 aromatic rings. The molecule has 0 fully saturated rings. The summed E-state index contributed by atoms with van der Waals surface area (Å²) < 4.78 is 5.74. The number of halogens is 1. The summed E-state index contributed by atoms with van der Waals surface area (Å²) in [4.78, 5) is 0. The number of rotatable bonds is 5. The smallest absolute Gasteiger partial charge is 0.145 e. The third-order valence-electron chi connectivity index (χ3n) is 3.03. The third-order valence-corrected chi connectivity index (χ3v) is 3.35. The van der Waals surface area contributed by atoms with Crippen molar-refractivity contribution in [1.82, 2.24) is 0 Å². The van der Waals surface area contributed by atoms with Gasteiger partial charge in [0.1, 0.15) is 11.6 Å². The molecule has 1 atom stereocenters. The Morgan fingerprint density at radius 1 is 1.42 bits per heavy atom. The largest absolute Gasteiger partial charge is 0.493 e. The number of ether oxygens (including phenoxy) is 1. The van der Waals surface area contributed by atoms with Gasteiger partial charge in [0, 0.05) is 5.02 Å². The predicted octanol–water partition coefficient (Wildman–Crippen LogP) is 3.53. The third kappa shape index (κ3) is 4.03. The molecule has 0 aliphatic carbocycles. The second-order valence-corrected chi connectivity index (χ2v) is 5.44. The van der Waals surface area contributed by atoms with Crippen molar-refractivity contribution < 1.29 is 9.94 Å². The first-order valence-electron chi connectivity index (χ1n) is 6.27. The van der Waals surface area contributed by atoms with Crippen LogP contribution in [0.15, 0.2) is 17.3 Å². The molecule has 0 spiro atoms. The maximum atomic E-state index is 8.60. The van der Waals surface area contributed by atoms with Crippen molar-refractivity contribution in [3.8, 4) is 5.75 Å². The zero-order valence-electron chi connectivity index (χ0n) is 11.8. The molecule has 1 rings (SSSR count). The average molecular weight is 285 g/mol. The summed E-state index contributed by atoms with van der Waals surface area (Å²) in [5, 5.41) is 12.3. The van der Waals surface area contributed by atoms with Gasteiger partial charge in [0.25, 0.3) is 0 Å². The first-order chi connectivity index (χ1) is 8.86. The normalized spacial score (nSPS) is 13.7. The van der Waals surface area contributed by atoms with Crippen molar-refractivity contribution in [3.63, 3.8) is 0 Å². The Morgan fingerprint density at radius 2 is 2.05 bits per heavy atom. The lowest BCUT2D eigenvalue weighted by Crippen LogP contribution is -2.26.